The molecule has 0 bridgehead atoms. The first kappa shape index (κ1) is 15.4. The van der Waals surface area contributed by atoms with Gasteiger partial charge in [-0.2, -0.15) is 0 Å². The van der Waals surface area contributed by atoms with Crippen LogP contribution in [0.2, 0.25) is 0 Å². The van der Waals surface area contributed by atoms with Crippen LogP contribution < -0.4 is 5.73 Å². The molecule has 4 heteroatoms. The van der Waals surface area contributed by atoms with Crippen LogP contribution in [0.1, 0.15) is 33.6 Å². The summed E-state index contributed by atoms with van der Waals surface area (Å²) >= 11 is 0. The van der Waals surface area contributed by atoms with Crippen molar-refractivity contribution < 1.29 is 4.79 Å². The SMILES string of the molecule is CN1CCC(CN(C)C(=O)CC(N)C(C)(C)C)C1. The van der Waals surface area contributed by atoms with Gasteiger partial charge in [0.25, 0.3) is 0 Å². The van der Waals surface area contributed by atoms with Crippen LogP contribution in [0.15, 0.2) is 0 Å². The van der Waals surface area contributed by atoms with E-state index in [9.17, 15) is 4.79 Å². The summed E-state index contributed by atoms with van der Waals surface area (Å²) in [5.74, 6) is 0.793. The maximum atomic E-state index is 12.1. The third-order valence-corrected chi connectivity index (χ3v) is 3.95. The number of hydrogen-bond donors (Lipinski definition) is 1. The van der Waals surface area contributed by atoms with Crippen LogP contribution in [-0.2, 0) is 4.79 Å². The number of amides is 1. The molecule has 1 rings (SSSR count). The van der Waals surface area contributed by atoms with Gasteiger partial charge in [-0.05, 0) is 31.3 Å². The molecule has 1 fully saturated rings. The minimum Gasteiger partial charge on any atom is -0.345 e. The van der Waals surface area contributed by atoms with Crippen molar-refractivity contribution in [3.8, 4) is 0 Å². The zero-order valence-corrected chi connectivity index (χ0v) is 12.6. The maximum Gasteiger partial charge on any atom is 0.223 e. The van der Waals surface area contributed by atoms with Crippen molar-refractivity contribution in [3.63, 3.8) is 0 Å². The molecular formula is C14H29N3O. The van der Waals surface area contributed by atoms with Gasteiger partial charge in [-0.3, -0.25) is 4.79 Å². The summed E-state index contributed by atoms with van der Waals surface area (Å²) in [6.07, 6.45) is 1.64. The second-order valence-corrected chi connectivity index (χ2v) is 6.87. The van der Waals surface area contributed by atoms with Gasteiger partial charge in [0.15, 0.2) is 0 Å². The van der Waals surface area contributed by atoms with E-state index in [1.807, 2.05) is 11.9 Å². The Kier molecular flexibility index (Phi) is 5.17. The maximum absolute atomic E-state index is 12.1. The molecule has 1 amide bonds. The Balaban J connectivity index is 2.37. The van der Waals surface area contributed by atoms with Crippen LogP contribution in [0, 0.1) is 11.3 Å². The standard InChI is InChI=1S/C14H29N3O/c1-14(2,3)12(15)8-13(18)17(5)10-11-6-7-16(4)9-11/h11-12H,6-10,15H2,1-5H3. The lowest BCUT2D eigenvalue weighted by Gasteiger charge is -2.29. The Labute approximate surface area is 111 Å². The predicted octanol–water partition coefficient (Wildman–Crippen LogP) is 1.16. The van der Waals surface area contributed by atoms with E-state index in [0.717, 1.165) is 19.6 Å². The van der Waals surface area contributed by atoms with Gasteiger partial charge in [0, 0.05) is 32.6 Å². The highest BCUT2D eigenvalue weighted by Gasteiger charge is 2.26. The second kappa shape index (κ2) is 6.02. The second-order valence-electron chi connectivity index (χ2n) is 6.87. The van der Waals surface area contributed by atoms with Gasteiger partial charge >= 0.3 is 0 Å². The van der Waals surface area contributed by atoms with E-state index < -0.39 is 0 Å². The quantitative estimate of drug-likeness (QED) is 0.820. The van der Waals surface area contributed by atoms with Gasteiger partial charge in [-0.25, -0.2) is 0 Å². The summed E-state index contributed by atoms with van der Waals surface area (Å²) in [5, 5.41) is 0. The summed E-state index contributed by atoms with van der Waals surface area (Å²) in [5.41, 5.74) is 6.05. The first-order valence-corrected chi connectivity index (χ1v) is 6.88. The van der Waals surface area contributed by atoms with Crippen molar-refractivity contribution in [3.05, 3.63) is 0 Å². The monoisotopic (exact) mass is 255 g/mol. The van der Waals surface area contributed by atoms with E-state index in [1.165, 1.54) is 6.42 Å². The molecule has 1 aliphatic rings. The molecule has 2 atom stereocenters. The smallest absolute Gasteiger partial charge is 0.223 e. The normalized spacial score (nSPS) is 23.1. The minimum absolute atomic E-state index is 0.00984. The molecule has 0 radical (unpaired) electrons. The van der Waals surface area contributed by atoms with Crippen LogP contribution >= 0.6 is 0 Å². The van der Waals surface area contributed by atoms with Gasteiger partial charge in [-0.15, -0.1) is 0 Å². The Bertz CT molecular complexity index is 285. The average Bonchev–Trinajstić information content (AvgIpc) is 2.62. The van der Waals surface area contributed by atoms with Gasteiger partial charge in [-0.1, -0.05) is 20.8 Å². The molecule has 0 aromatic carbocycles. The van der Waals surface area contributed by atoms with Crippen LogP contribution in [0.4, 0.5) is 0 Å². The van der Waals surface area contributed by atoms with Gasteiger partial charge < -0.3 is 15.5 Å². The zero-order valence-electron chi connectivity index (χ0n) is 12.6. The lowest BCUT2D eigenvalue weighted by Crippen LogP contribution is -2.42. The molecule has 18 heavy (non-hydrogen) atoms. The fraction of sp³-hybridized carbons (Fsp3) is 0.929. The Hall–Kier alpha value is -0.610. The molecule has 1 heterocycles. The van der Waals surface area contributed by atoms with Crippen molar-refractivity contribution in [2.75, 3.05) is 33.7 Å². The Morgan fingerprint density at radius 3 is 2.56 bits per heavy atom. The number of carbonyl (C=O) groups is 1. The number of likely N-dealkylation sites (tertiary alicyclic amines) is 1. The van der Waals surface area contributed by atoms with Gasteiger partial charge in [0.1, 0.15) is 0 Å². The summed E-state index contributed by atoms with van der Waals surface area (Å²) < 4.78 is 0. The highest BCUT2D eigenvalue weighted by molar-refractivity contribution is 5.76. The van der Waals surface area contributed by atoms with E-state index in [0.29, 0.717) is 12.3 Å². The highest BCUT2D eigenvalue weighted by Crippen LogP contribution is 2.21. The number of hydrogen-bond acceptors (Lipinski definition) is 3. The molecule has 0 spiro atoms. The molecule has 1 aliphatic heterocycles. The molecule has 0 saturated carbocycles. The van der Waals surface area contributed by atoms with Crippen LogP contribution in [0.3, 0.4) is 0 Å². The summed E-state index contributed by atoms with van der Waals surface area (Å²) in [6.45, 7) is 9.35. The predicted molar refractivity (Wildman–Crippen MR) is 75.3 cm³/mol. The minimum atomic E-state index is -0.0706. The molecule has 106 valence electrons. The fourth-order valence-electron chi connectivity index (χ4n) is 2.31. The number of rotatable bonds is 4. The third kappa shape index (κ3) is 4.58. The average molecular weight is 255 g/mol. The first-order valence-electron chi connectivity index (χ1n) is 6.88. The van der Waals surface area contributed by atoms with Crippen molar-refractivity contribution >= 4 is 5.91 Å². The number of nitrogens with zero attached hydrogens (tertiary/aromatic N) is 2. The third-order valence-electron chi connectivity index (χ3n) is 3.95. The molecule has 0 aromatic rings. The molecule has 0 aliphatic carbocycles. The van der Waals surface area contributed by atoms with E-state index in [-0.39, 0.29) is 17.4 Å². The van der Waals surface area contributed by atoms with Crippen molar-refractivity contribution in [1.82, 2.24) is 9.80 Å². The lowest BCUT2D eigenvalue weighted by molar-refractivity contribution is -0.131. The Morgan fingerprint density at radius 1 is 1.50 bits per heavy atom. The van der Waals surface area contributed by atoms with Crippen molar-refractivity contribution in [2.24, 2.45) is 17.1 Å². The van der Waals surface area contributed by atoms with Crippen LogP contribution in [-0.4, -0.2) is 55.5 Å². The molecular weight excluding hydrogens is 226 g/mol. The number of nitrogens with two attached hydrogens (primary N) is 1. The van der Waals surface area contributed by atoms with E-state index in [4.69, 9.17) is 5.73 Å². The van der Waals surface area contributed by atoms with Crippen molar-refractivity contribution in [2.45, 2.75) is 39.7 Å². The summed E-state index contributed by atoms with van der Waals surface area (Å²) in [7, 11) is 4.04. The summed E-state index contributed by atoms with van der Waals surface area (Å²) in [4.78, 5) is 16.3. The van der Waals surface area contributed by atoms with E-state index >= 15 is 0 Å². The topological polar surface area (TPSA) is 49.6 Å². The van der Waals surface area contributed by atoms with E-state index in [1.54, 1.807) is 0 Å². The molecule has 2 N–H and O–H groups in total. The first-order chi connectivity index (χ1) is 8.20. The summed E-state index contributed by atoms with van der Waals surface area (Å²) in [6, 6.07) is -0.0706. The fourth-order valence-corrected chi connectivity index (χ4v) is 2.31. The van der Waals surface area contributed by atoms with Gasteiger partial charge in [0.05, 0.1) is 0 Å². The molecule has 4 nitrogen and oxygen atoms in total. The highest BCUT2D eigenvalue weighted by atomic mass is 16.2. The van der Waals surface area contributed by atoms with Gasteiger partial charge in [0.2, 0.25) is 5.91 Å². The van der Waals surface area contributed by atoms with Crippen molar-refractivity contribution in [1.29, 1.82) is 0 Å². The molecule has 0 aromatic heterocycles. The van der Waals surface area contributed by atoms with E-state index in [2.05, 4.69) is 32.7 Å². The molecule has 1 saturated heterocycles. The zero-order chi connectivity index (χ0) is 13.9. The molecule has 2 unspecified atom stereocenters. The van der Waals surface area contributed by atoms with Crippen LogP contribution in [0.5, 0.6) is 0 Å². The van der Waals surface area contributed by atoms with Crippen LogP contribution in [0.25, 0.3) is 0 Å². The lowest BCUT2D eigenvalue weighted by atomic mass is 9.85. The Morgan fingerprint density at radius 2 is 2.11 bits per heavy atom. The number of carbonyl (C=O) groups excluding carboxylic acids is 1. The largest absolute Gasteiger partial charge is 0.345 e.